The van der Waals surface area contributed by atoms with E-state index in [1.54, 1.807) is 49.6 Å². The third kappa shape index (κ3) is 4.46. The molecular formula is C19H21ClN2O4. The van der Waals surface area contributed by atoms with Crippen LogP contribution in [-0.2, 0) is 9.59 Å². The van der Waals surface area contributed by atoms with Crippen molar-refractivity contribution in [2.75, 3.05) is 24.9 Å². The van der Waals surface area contributed by atoms with Gasteiger partial charge in [0.25, 0.3) is 0 Å². The normalized spacial score (nSPS) is 10.8. The molecule has 0 saturated carbocycles. The third-order valence-corrected chi connectivity index (χ3v) is 4.13. The van der Waals surface area contributed by atoms with Crippen LogP contribution in [0.15, 0.2) is 42.5 Å². The lowest BCUT2D eigenvalue weighted by Crippen LogP contribution is -2.41. The minimum absolute atomic E-state index is 0.398. The summed E-state index contributed by atoms with van der Waals surface area (Å²) in [6.45, 7) is 3.08. The smallest absolute Gasteiger partial charge is 0.239 e. The molecule has 2 amide bonds. The van der Waals surface area contributed by atoms with Crippen molar-refractivity contribution in [3.63, 3.8) is 0 Å². The highest BCUT2D eigenvalue weighted by atomic mass is 35.5. The zero-order valence-electron chi connectivity index (χ0n) is 15.1. The van der Waals surface area contributed by atoms with E-state index in [1.165, 1.54) is 21.0 Å². The number of ether oxygens (including phenoxy) is 2. The Morgan fingerprint density at radius 1 is 0.923 bits per heavy atom. The summed E-state index contributed by atoms with van der Waals surface area (Å²) >= 11 is 5.97. The van der Waals surface area contributed by atoms with Gasteiger partial charge in [-0.1, -0.05) is 11.6 Å². The number of nitrogens with one attached hydrogen (secondary N) is 2. The predicted octanol–water partition coefficient (Wildman–Crippen LogP) is 3.96. The molecule has 7 heteroatoms. The topological polar surface area (TPSA) is 76.7 Å². The van der Waals surface area contributed by atoms with Gasteiger partial charge < -0.3 is 20.1 Å². The van der Waals surface area contributed by atoms with E-state index in [0.717, 1.165) is 0 Å². The average Bonchev–Trinajstić information content (AvgIpc) is 2.62. The van der Waals surface area contributed by atoms with Crippen molar-refractivity contribution in [3.8, 4) is 11.5 Å². The van der Waals surface area contributed by atoms with Gasteiger partial charge in [0, 0.05) is 10.7 Å². The molecule has 138 valence electrons. The van der Waals surface area contributed by atoms with E-state index in [4.69, 9.17) is 21.1 Å². The maximum atomic E-state index is 12.7. The zero-order chi connectivity index (χ0) is 19.3. The van der Waals surface area contributed by atoms with Crippen LogP contribution in [0.3, 0.4) is 0 Å². The first-order valence-corrected chi connectivity index (χ1v) is 8.26. The Kier molecular flexibility index (Phi) is 6.10. The van der Waals surface area contributed by atoms with Crippen molar-refractivity contribution in [2.45, 2.75) is 13.8 Å². The lowest BCUT2D eigenvalue weighted by atomic mass is 9.90. The van der Waals surface area contributed by atoms with Gasteiger partial charge in [-0.25, -0.2) is 0 Å². The Labute approximate surface area is 157 Å². The number of methoxy groups -OCH3 is 2. The molecular weight excluding hydrogens is 356 g/mol. The number of carbonyl (C=O) groups excluding carboxylic acids is 2. The summed E-state index contributed by atoms with van der Waals surface area (Å²) < 4.78 is 10.3. The maximum Gasteiger partial charge on any atom is 0.239 e. The lowest BCUT2D eigenvalue weighted by Gasteiger charge is -2.23. The van der Waals surface area contributed by atoms with Crippen molar-refractivity contribution in [3.05, 3.63) is 47.5 Å². The molecule has 2 rings (SSSR count). The first-order valence-electron chi connectivity index (χ1n) is 7.88. The summed E-state index contributed by atoms with van der Waals surface area (Å²) in [6.07, 6.45) is 0. The molecule has 0 heterocycles. The molecule has 0 radical (unpaired) electrons. The highest BCUT2D eigenvalue weighted by molar-refractivity contribution is 6.31. The highest BCUT2D eigenvalue weighted by Crippen LogP contribution is 2.30. The first kappa shape index (κ1) is 19.6. The second-order valence-electron chi connectivity index (χ2n) is 6.11. The Morgan fingerprint density at radius 3 is 2.12 bits per heavy atom. The van der Waals surface area contributed by atoms with Gasteiger partial charge in [-0.2, -0.15) is 0 Å². The Morgan fingerprint density at radius 2 is 1.54 bits per heavy atom. The summed E-state index contributed by atoms with van der Waals surface area (Å²) in [4.78, 5) is 25.2. The minimum Gasteiger partial charge on any atom is -0.497 e. The van der Waals surface area contributed by atoms with Crippen LogP contribution in [-0.4, -0.2) is 26.0 Å². The molecule has 0 atom stereocenters. The van der Waals surface area contributed by atoms with Crippen LogP contribution in [0, 0.1) is 5.41 Å². The summed E-state index contributed by atoms with van der Waals surface area (Å²) in [5, 5.41) is 5.87. The molecule has 0 aromatic heterocycles. The first-order chi connectivity index (χ1) is 12.3. The van der Waals surface area contributed by atoms with Crippen LogP contribution in [0.4, 0.5) is 11.4 Å². The maximum absolute atomic E-state index is 12.7. The van der Waals surface area contributed by atoms with Gasteiger partial charge in [0.1, 0.15) is 16.9 Å². The van der Waals surface area contributed by atoms with Crippen LogP contribution in [0.1, 0.15) is 13.8 Å². The number of amides is 2. The van der Waals surface area contributed by atoms with Crippen LogP contribution in [0.5, 0.6) is 11.5 Å². The Hall–Kier alpha value is -2.73. The highest BCUT2D eigenvalue weighted by Gasteiger charge is 2.36. The van der Waals surface area contributed by atoms with Gasteiger partial charge in [-0.05, 0) is 56.3 Å². The van der Waals surface area contributed by atoms with E-state index in [1.807, 2.05) is 0 Å². The fourth-order valence-corrected chi connectivity index (χ4v) is 2.29. The number of anilines is 2. The van der Waals surface area contributed by atoms with Crippen molar-refractivity contribution in [1.82, 2.24) is 0 Å². The van der Waals surface area contributed by atoms with Gasteiger partial charge in [0.15, 0.2) is 0 Å². The van der Waals surface area contributed by atoms with Crippen molar-refractivity contribution < 1.29 is 19.1 Å². The summed E-state index contributed by atoms with van der Waals surface area (Å²) in [6, 6.07) is 11.7. The molecule has 0 aliphatic rings. The van der Waals surface area contributed by atoms with E-state index < -0.39 is 17.2 Å². The molecule has 0 bridgehead atoms. The van der Waals surface area contributed by atoms with Crippen molar-refractivity contribution >= 4 is 34.8 Å². The molecule has 0 unspecified atom stereocenters. The van der Waals surface area contributed by atoms with Crippen molar-refractivity contribution in [2.24, 2.45) is 5.41 Å². The van der Waals surface area contributed by atoms with Crippen LogP contribution < -0.4 is 20.1 Å². The van der Waals surface area contributed by atoms with Gasteiger partial charge in [0.05, 0.1) is 19.9 Å². The Bertz CT molecular complexity index is 804. The van der Waals surface area contributed by atoms with Gasteiger partial charge in [-0.15, -0.1) is 0 Å². The standard InChI is InChI=1S/C19H21ClN2O4/c1-19(2,17(23)21-13-6-8-14(25-3)9-7-13)18(24)22-15-11-12(20)5-10-16(15)26-4/h5-11H,1-4H3,(H,21,23)(H,22,24). The second kappa shape index (κ2) is 8.10. The molecule has 0 saturated heterocycles. The molecule has 2 aromatic rings. The van der Waals surface area contributed by atoms with Gasteiger partial charge >= 0.3 is 0 Å². The molecule has 2 N–H and O–H groups in total. The fraction of sp³-hybridized carbons (Fsp3) is 0.263. The molecule has 0 aliphatic heterocycles. The second-order valence-corrected chi connectivity index (χ2v) is 6.54. The number of hydrogen-bond acceptors (Lipinski definition) is 4. The van der Waals surface area contributed by atoms with Crippen LogP contribution >= 0.6 is 11.6 Å². The van der Waals surface area contributed by atoms with Crippen LogP contribution in [0.25, 0.3) is 0 Å². The van der Waals surface area contributed by atoms with Crippen molar-refractivity contribution in [1.29, 1.82) is 0 Å². The monoisotopic (exact) mass is 376 g/mol. The zero-order valence-corrected chi connectivity index (χ0v) is 15.8. The van der Waals surface area contributed by atoms with E-state index in [9.17, 15) is 9.59 Å². The molecule has 2 aromatic carbocycles. The quantitative estimate of drug-likeness (QED) is 0.748. The van der Waals surface area contributed by atoms with E-state index in [2.05, 4.69) is 10.6 Å². The lowest BCUT2D eigenvalue weighted by molar-refractivity contribution is -0.135. The Balaban J connectivity index is 2.13. The average molecular weight is 377 g/mol. The number of halogens is 1. The number of carbonyl (C=O) groups is 2. The largest absolute Gasteiger partial charge is 0.497 e. The fourth-order valence-electron chi connectivity index (χ4n) is 2.12. The van der Waals surface area contributed by atoms with E-state index >= 15 is 0 Å². The summed E-state index contributed by atoms with van der Waals surface area (Å²) in [5.74, 6) is 0.201. The SMILES string of the molecule is COc1ccc(NC(=O)C(C)(C)C(=O)Nc2cc(Cl)ccc2OC)cc1. The number of hydrogen-bond donors (Lipinski definition) is 2. The molecule has 0 aliphatic carbocycles. The third-order valence-electron chi connectivity index (χ3n) is 3.89. The van der Waals surface area contributed by atoms with Gasteiger partial charge in [-0.3, -0.25) is 9.59 Å². The minimum atomic E-state index is -1.33. The van der Waals surface area contributed by atoms with E-state index in [0.29, 0.717) is 27.9 Å². The molecule has 0 fully saturated rings. The molecule has 6 nitrogen and oxygen atoms in total. The predicted molar refractivity (Wildman–Crippen MR) is 102 cm³/mol. The van der Waals surface area contributed by atoms with E-state index in [-0.39, 0.29) is 0 Å². The van der Waals surface area contributed by atoms with Gasteiger partial charge in [0.2, 0.25) is 11.8 Å². The summed E-state index contributed by atoms with van der Waals surface area (Å²) in [5.41, 5.74) is -0.361. The number of rotatable bonds is 6. The molecule has 0 spiro atoms. The number of benzene rings is 2. The molecule has 26 heavy (non-hydrogen) atoms. The van der Waals surface area contributed by atoms with Crippen LogP contribution in [0.2, 0.25) is 5.02 Å². The summed E-state index contributed by atoms with van der Waals surface area (Å²) in [7, 11) is 3.05.